The van der Waals surface area contributed by atoms with E-state index in [4.69, 9.17) is 0 Å². The van der Waals surface area contributed by atoms with E-state index in [1.54, 1.807) is 4.90 Å². The topological polar surface area (TPSA) is 20.3 Å². The largest absolute Gasteiger partial charge is 0.344 e. The summed E-state index contributed by atoms with van der Waals surface area (Å²) in [6, 6.07) is 6.61. The molecular formula is C16H25NO. The summed E-state index contributed by atoms with van der Waals surface area (Å²) in [5.74, 6) is 0. The normalized spacial score (nSPS) is 15.4. The molecule has 2 heteroatoms. The van der Waals surface area contributed by atoms with Crippen molar-refractivity contribution in [2.24, 2.45) is 0 Å². The van der Waals surface area contributed by atoms with Crippen molar-refractivity contribution in [3.05, 3.63) is 34.9 Å². The van der Waals surface area contributed by atoms with Crippen LogP contribution in [-0.2, 0) is 16.8 Å². The van der Waals surface area contributed by atoms with Gasteiger partial charge in [-0.05, 0) is 36.3 Å². The molecule has 0 radical (unpaired) electrons. The highest BCUT2D eigenvalue weighted by Crippen LogP contribution is 2.49. The maximum Gasteiger partial charge on any atom is 0.209 e. The van der Waals surface area contributed by atoms with Crippen molar-refractivity contribution in [2.75, 3.05) is 7.05 Å². The minimum absolute atomic E-state index is 0.368. The molecule has 0 heterocycles. The monoisotopic (exact) mass is 247 g/mol. The van der Waals surface area contributed by atoms with Crippen LogP contribution in [0.15, 0.2) is 18.2 Å². The van der Waals surface area contributed by atoms with Crippen LogP contribution in [-0.4, -0.2) is 18.4 Å². The summed E-state index contributed by atoms with van der Waals surface area (Å²) in [5, 5.41) is 0. The molecule has 18 heavy (non-hydrogen) atoms. The number of amides is 1. The van der Waals surface area contributed by atoms with E-state index in [1.807, 2.05) is 20.9 Å². The zero-order chi connectivity index (χ0) is 13.8. The molecule has 2 rings (SSSR count). The van der Waals surface area contributed by atoms with Gasteiger partial charge in [0, 0.05) is 13.6 Å². The highest BCUT2D eigenvalue weighted by molar-refractivity contribution is 5.48. The maximum absolute atomic E-state index is 10.7. The summed E-state index contributed by atoms with van der Waals surface area (Å²) in [4.78, 5) is 12.4. The average Bonchev–Trinajstić information content (AvgIpc) is 3.10. The van der Waals surface area contributed by atoms with Crippen LogP contribution in [0.2, 0.25) is 0 Å². The van der Waals surface area contributed by atoms with E-state index in [2.05, 4.69) is 32.0 Å². The van der Waals surface area contributed by atoms with Crippen molar-refractivity contribution in [1.29, 1.82) is 0 Å². The molecule has 2 nitrogen and oxygen atoms in total. The second-order valence-corrected chi connectivity index (χ2v) is 5.24. The summed E-state index contributed by atoms with van der Waals surface area (Å²) >= 11 is 0. The van der Waals surface area contributed by atoms with Gasteiger partial charge in [-0.1, -0.05) is 44.5 Å². The molecule has 0 unspecified atom stereocenters. The third-order valence-electron chi connectivity index (χ3n) is 3.51. The van der Waals surface area contributed by atoms with E-state index >= 15 is 0 Å². The first kappa shape index (κ1) is 14.7. The van der Waals surface area contributed by atoms with E-state index < -0.39 is 0 Å². The third kappa shape index (κ3) is 3.34. The predicted molar refractivity (Wildman–Crippen MR) is 76.6 cm³/mol. The number of nitrogens with zero attached hydrogens (tertiary/aromatic N) is 1. The summed E-state index contributed by atoms with van der Waals surface area (Å²) in [7, 11) is 1.83. The standard InChI is InChI=1S/C14H19NO.C2H6/c1-11-4-5-13(14(2)6-7-14)12(8-11)9-15(3)10-16;1-2/h4-5,8,10H,6-7,9H2,1-3H3;1-2H3. The first-order valence-electron chi connectivity index (χ1n) is 6.81. The Labute approximate surface area is 111 Å². The molecule has 1 aliphatic carbocycles. The van der Waals surface area contributed by atoms with E-state index in [-0.39, 0.29) is 0 Å². The fourth-order valence-corrected chi connectivity index (χ4v) is 2.20. The number of carbonyl (C=O) groups is 1. The van der Waals surface area contributed by atoms with Gasteiger partial charge in [0.05, 0.1) is 0 Å². The van der Waals surface area contributed by atoms with Crippen LogP contribution in [0.1, 0.15) is 50.3 Å². The Kier molecular flexibility index (Phi) is 4.94. The molecule has 0 aromatic heterocycles. The van der Waals surface area contributed by atoms with Gasteiger partial charge in [0.1, 0.15) is 0 Å². The van der Waals surface area contributed by atoms with E-state index in [0.29, 0.717) is 5.41 Å². The first-order valence-corrected chi connectivity index (χ1v) is 6.81. The van der Waals surface area contributed by atoms with Gasteiger partial charge >= 0.3 is 0 Å². The molecule has 0 saturated heterocycles. The maximum atomic E-state index is 10.7. The minimum atomic E-state index is 0.368. The van der Waals surface area contributed by atoms with E-state index in [1.165, 1.54) is 29.5 Å². The molecule has 0 bridgehead atoms. The second-order valence-electron chi connectivity index (χ2n) is 5.24. The van der Waals surface area contributed by atoms with Gasteiger partial charge in [0.2, 0.25) is 6.41 Å². The molecule has 1 aliphatic rings. The fraction of sp³-hybridized carbons (Fsp3) is 0.562. The molecule has 1 fully saturated rings. The predicted octanol–water partition coefficient (Wildman–Crippen LogP) is 3.66. The zero-order valence-corrected chi connectivity index (χ0v) is 12.3. The van der Waals surface area contributed by atoms with Crippen molar-refractivity contribution < 1.29 is 4.79 Å². The van der Waals surface area contributed by atoms with Gasteiger partial charge in [-0.15, -0.1) is 0 Å². The van der Waals surface area contributed by atoms with Crippen LogP contribution in [0.4, 0.5) is 0 Å². The lowest BCUT2D eigenvalue weighted by atomic mass is 9.91. The quantitative estimate of drug-likeness (QED) is 0.744. The van der Waals surface area contributed by atoms with Crippen LogP contribution < -0.4 is 0 Å². The smallest absolute Gasteiger partial charge is 0.209 e. The lowest BCUT2D eigenvalue weighted by molar-refractivity contribution is -0.117. The summed E-state index contributed by atoms with van der Waals surface area (Å²) in [6.45, 7) is 9.13. The Bertz CT molecular complexity index is 408. The van der Waals surface area contributed by atoms with E-state index in [9.17, 15) is 4.79 Å². The van der Waals surface area contributed by atoms with Gasteiger partial charge in [0.15, 0.2) is 0 Å². The van der Waals surface area contributed by atoms with Crippen molar-refractivity contribution >= 4 is 6.41 Å². The molecular weight excluding hydrogens is 222 g/mol. The number of hydrogen-bond donors (Lipinski definition) is 0. The second kappa shape index (κ2) is 6.03. The van der Waals surface area contributed by atoms with Crippen LogP contribution >= 0.6 is 0 Å². The SMILES string of the molecule is CC.Cc1ccc(C2(C)CC2)c(CN(C)C=O)c1. The number of benzene rings is 1. The molecule has 1 amide bonds. The molecule has 0 atom stereocenters. The van der Waals surface area contributed by atoms with Gasteiger partial charge in [0.25, 0.3) is 0 Å². The average molecular weight is 247 g/mol. The highest BCUT2D eigenvalue weighted by Gasteiger charge is 2.40. The Balaban J connectivity index is 0.000000771. The lowest BCUT2D eigenvalue weighted by Crippen LogP contribution is -2.18. The van der Waals surface area contributed by atoms with Crippen molar-refractivity contribution in [3.63, 3.8) is 0 Å². The van der Waals surface area contributed by atoms with Crippen LogP contribution in [0, 0.1) is 6.92 Å². The van der Waals surface area contributed by atoms with Crippen molar-refractivity contribution in [3.8, 4) is 0 Å². The lowest BCUT2D eigenvalue weighted by Gasteiger charge is -2.19. The first-order chi connectivity index (χ1) is 8.55. The Morgan fingerprint density at radius 2 is 1.94 bits per heavy atom. The third-order valence-corrected chi connectivity index (χ3v) is 3.51. The Hall–Kier alpha value is -1.31. The Morgan fingerprint density at radius 1 is 1.33 bits per heavy atom. The van der Waals surface area contributed by atoms with Gasteiger partial charge in [-0.3, -0.25) is 4.79 Å². The molecule has 0 N–H and O–H groups in total. The minimum Gasteiger partial charge on any atom is -0.344 e. The van der Waals surface area contributed by atoms with E-state index in [0.717, 1.165) is 13.0 Å². The van der Waals surface area contributed by atoms with Gasteiger partial charge in [-0.2, -0.15) is 0 Å². The van der Waals surface area contributed by atoms with Crippen LogP contribution in [0.3, 0.4) is 0 Å². The van der Waals surface area contributed by atoms with Gasteiger partial charge in [-0.25, -0.2) is 0 Å². The molecule has 0 aliphatic heterocycles. The van der Waals surface area contributed by atoms with Crippen molar-refractivity contribution in [2.45, 2.75) is 52.5 Å². The fourth-order valence-electron chi connectivity index (χ4n) is 2.20. The molecule has 0 spiro atoms. The number of aryl methyl sites for hydroxylation is 1. The molecule has 1 aromatic carbocycles. The highest BCUT2D eigenvalue weighted by atomic mass is 16.1. The van der Waals surface area contributed by atoms with Crippen LogP contribution in [0.5, 0.6) is 0 Å². The zero-order valence-electron chi connectivity index (χ0n) is 12.3. The molecule has 1 aromatic rings. The molecule has 1 saturated carbocycles. The number of rotatable bonds is 4. The summed E-state index contributed by atoms with van der Waals surface area (Å²) < 4.78 is 0. The number of hydrogen-bond acceptors (Lipinski definition) is 1. The summed E-state index contributed by atoms with van der Waals surface area (Å²) in [5.41, 5.74) is 4.36. The molecule has 100 valence electrons. The van der Waals surface area contributed by atoms with Gasteiger partial charge < -0.3 is 4.90 Å². The number of carbonyl (C=O) groups excluding carboxylic acids is 1. The van der Waals surface area contributed by atoms with Crippen molar-refractivity contribution in [1.82, 2.24) is 4.90 Å². The van der Waals surface area contributed by atoms with Crippen LogP contribution in [0.25, 0.3) is 0 Å². The summed E-state index contributed by atoms with van der Waals surface area (Å²) in [6.07, 6.45) is 3.43. The Morgan fingerprint density at radius 3 is 2.44 bits per heavy atom.